The van der Waals surface area contributed by atoms with Gasteiger partial charge >= 0.3 is 5.97 Å². The van der Waals surface area contributed by atoms with Gasteiger partial charge in [0.1, 0.15) is 12.3 Å². The van der Waals surface area contributed by atoms with Crippen LogP contribution in [0.15, 0.2) is 29.3 Å². The number of aliphatic carboxylic acids is 1. The number of amides is 2. The van der Waals surface area contributed by atoms with Gasteiger partial charge in [-0.05, 0) is 54.1 Å². The number of fused-ring (bicyclic) bond motifs is 9. The van der Waals surface area contributed by atoms with Gasteiger partial charge in [0.15, 0.2) is 3.95 Å². The van der Waals surface area contributed by atoms with Crippen molar-refractivity contribution in [3.63, 3.8) is 0 Å². The third-order valence-corrected chi connectivity index (χ3v) is 10.5. The van der Waals surface area contributed by atoms with E-state index in [9.17, 15) is 19.5 Å². The maximum absolute atomic E-state index is 13.2. The van der Waals surface area contributed by atoms with Crippen molar-refractivity contribution in [2.75, 3.05) is 13.7 Å². The second-order valence-corrected chi connectivity index (χ2v) is 11.8. The van der Waals surface area contributed by atoms with Gasteiger partial charge in [0, 0.05) is 16.0 Å². The van der Waals surface area contributed by atoms with Crippen LogP contribution in [0.2, 0.25) is 0 Å². The van der Waals surface area contributed by atoms with Crippen molar-refractivity contribution in [2.24, 2.45) is 29.6 Å². The number of benzene rings is 1. The minimum absolute atomic E-state index is 0.0497. The molecule has 0 spiro atoms. The Labute approximate surface area is 197 Å². The van der Waals surface area contributed by atoms with E-state index < -0.39 is 24.3 Å². The van der Waals surface area contributed by atoms with E-state index in [2.05, 4.69) is 17.1 Å². The van der Waals surface area contributed by atoms with Crippen LogP contribution in [0.4, 0.5) is 0 Å². The molecule has 0 unspecified atom stereocenters. The molecule has 2 saturated carbocycles. The molecular weight excluding hydrogens is 468 g/mol. The predicted molar refractivity (Wildman–Crippen MR) is 120 cm³/mol. The Morgan fingerprint density at radius 2 is 1.91 bits per heavy atom. The van der Waals surface area contributed by atoms with Crippen LogP contribution in [0.25, 0.3) is 0 Å². The molecule has 1 saturated heterocycles. The Balaban J connectivity index is 1.44. The highest BCUT2D eigenvalue weighted by Crippen LogP contribution is 2.68. The molecule has 0 radical (unpaired) electrons. The van der Waals surface area contributed by atoms with Gasteiger partial charge in [0.05, 0.1) is 24.0 Å². The molecule has 10 heteroatoms. The summed E-state index contributed by atoms with van der Waals surface area (Å²) in [6, 6.07) is 8.05. The Bertz CT molecular complexity index is 1200. The first-order valence-corrected chi connectivity index (χ1v) is 12.6. The number of ether oxygens (including phenoxy) is 1. The summed E-state index contributed by atoms with van der Waals surface area (Å²) in [5.74, 6) is -1.42. The van der Waals surface area contributed by atoms with Crippen LogP contribution in [0.1, 0.15) is 22.8 Å². The zero-order valence-corrected chi connectivity index (χ0v) is 19.5. The van der Waals surface area contributed by atoms with Crippen LogP contribution in [0, 0.1) is 33.5 Å². The average molecular weight is 489 g/mol. The zero-order valence-electron chi connectivity index (χ0n) is 17.0. The summed E-state index contributed by atoms with van der Waals surface area (Å²) in [4.78, 5) is 43.0. The van der Waals surface area contributed by atoms with Crippen molar-refractivity contribution < 1.29 is 24.2 Å². The molecule has 1 aromatic heterocycles. The number of aromatic nitrogens is 1. The highest BCUT2D eigenvalue weighted by Gasteiger charge is 2.69. The lowest BCUT2D eigenvalue weighted by molar-refractivity contribution is -0.149. The molecule has 32 heavy (non-hydrogen) atoms. The van der Waals surface area contributed by atoms with Crippen LogP contribution < -0.4 is 4.74 Å². The number of hydrogen-bond acceptors (Lipinski definition) is 7. The molecular formula is C22H20N2O5S3. The second kappa shape index (κ2) is 7.16. The van der Waals surface area contributed by atoms with Gasteiger partial charge in [-0.3, -0.25) is 19.3 Å². The molecule has 7 atom stereocenters. The van der Waals surface area contributed by atoms with Crippen LogP contribution in [-0.4, -0.2) is 51.7 Å². The fraction of sp³-hybridized carbons (Fsp3) is 0.455. The van der Waals surface area contributed by atoms with E-state index in [0.717, 1.165) is 31.6 Å². The van der Waals surface area contributed by atoms with Crippen molar-refractivity contribution >= 4 is 53.1 Å². The first-order valence-electron chi connectivity index (χ1n) is 10.5. The van der Waals surface area contributed by atoms with Gasteiger partial charge in [-0.25, -0.2) is 0 Å². The number of aromatic amines is 1. The van der Waals surface area contributed by atoms with Gasteiger partial charge in [-0.2, -0.15) is 0 Å². The van der Waals surface area contributed by atoms with E-state index in [1.54, 1.807) is 30.2 Å². The van der Waals surface area contributed by atoms with Crippen molar-refractivity contribution in [1.82, 2.24) is 9.88 Å². The number of H-pyrrole nitrogens is 1. The van der Waals surface area contributed by atoms with Crippen LogP contribution >= 0.6 is 35.3 Å². The van der Waals surface area contributed by atoms with E-state index >= 15 is 0 Å². The van der Waals surface area contributed by atoms with Crippen LogP contribution in [0.3, 0.4) is 0 Å². The largest absolute Gasteiger partial charge is 0.497 e. The van der Waals surface area contributed by atoms with E-state index in [1.807, 2.05) is 12.1 Å². The first-order chi connectivity index (χ1) is 15.4. The van der Waals surface area contributed by atoms with Gasteiger partial charge in [0.25, 0.3) is 0 Å². The summed E-state index contributed by atoms with van der Waals surface area (Å²) in [6.45, 7) is -0.547. The summed E-state index contributed by atoms with van der Waals surface area (Å²) >= 11 is 8.79. The Morgan fingerprint density at radius 1 is 1.22 bits per heavy atom. The van der Waals surface area contributed by atoms with E-state index in [4.69, 9.17) is 17.0 Å². The number of thioether (sulfide) groups is 1. The number of nitrogens with one attached hydrogen (secondary N) is 1. The standard InChI is InChI=1S/C22H20N2O5S3/c1-29-9-4-2-8(3-5-9)13-14-10-6-11(17(14)31-19-18(13)32-22(30)23-19)16-15(10)20(27)24(21(16)28)7-12(25)26/h2-5,10-11,13-17H,6-7H2,1H3,(H,23,30)(H,25,26)/t10-,11+,13+,14+,15+,16+,17-/m0/s1. The SMILES string of the molecule is COc1ccc([C@H]2c3sc(=S)[nH]c3S[C@H]3[C@@H]4C[C@H]([C@H]5C(=O)N(CC(=O)O)C(=O)[C@H]45)[C@H]23)cc1. The molecule has 2 aromatic rings. The number of methoxy groups -OCH3 is 1. The number of carboxylic acid groups (broad SMARTS) is 1. The third kappa shape index (κ3) is 2.72. The minimum Gasteiger partial charge on any atom is -0.497 e. The molecule has 166 valence electrons. The van der Waals surface area contributed by atoms with Gasteiger partial charge in [-0.15, -0.1) is 23.1 Å². The van der Waals surface area contributed by atoms with Crippen LogP contribution in [-0.2, 0) is 14.4 Å². The smallest absolute Gasteiger partial charge is 0.323 e. The first kappa shape index (κ1) is 20.4. The lowest BCUT2D eigenvalue weighted by Gasteiger charge is -2.43. The Kier molecular flexibility index (Phi) is 4.58. The number of rotatable bonds is 4. The van der Waals surface area contributed by atoms with Gasteiger partial charge in [-0.1, -0.05) is 12.1 Å². The average Bonchev–Trinajstić information content (AvgIpc) is 3.49. The molecule has 3 heterocycles. The Morgan fingerprint density at radius 3 is 2.56 bits per heavy atom. The highest BCUT2D eigenvalue weighted by molar-refractivity contribution is 8.00. The summed E-state index contributed by atoms with van der Waals surface area (Å²) in [5.41, 5.74) is 1.15. The molecule has 2 N–H and O–H groups in total. The van der Waals surface area contributed by atoms with Crippen LogP contribution in [0.5, 0.6) is 5.75 Å². The lowest BCUT2D eigenvalue weighted by Crippen LogP contribution is -2.42. The van der Waals surface area contributed by atoms with E-state index in [0.29, 0.717) is 0 Å². The maximum atomic E-state index is 13.2. The van der Waals surface area contributed by atoms with Crippen molar-refractivity contribution in [1.29, 1.82) is 0 Å². The highest BCUT2D eigenvalue weighted by atomic mass is 32.2. The van der Waals surface area contributed by atoms with E-state index in [-0.39, 0.29) is 40.7 Å². The number of nitrogens with zero attached hydrogens (tertiary/aromatic N) is 1. The van der Waals surface area contributed by atoms with E-state index in [1.165, 1.54) is 4.88 Å². The van der Waals surface area contributed by atoms with Gasteiger partial charge < -0.3 is 14.8 Å². The number of likely N-dealkylation sites (tertiary alicyclic amines) is 1. The molecule has 2 aliphatic heterocycles. The summed E-state index contributed by atoms with van der Waals surface area (Å²) in [5, 5.41) is 10.4. The molecule has 2 amide bonds. The fourth-order valence-electron chi connectivity index (χ4n) is 6.55. The van der Waals surface area contributed by atoms with Gasteiger partial charge in [0.2, 0.25) is 11.8 Å². The number of hydrogen-bond donors (Lipinski definition) is 2. The number of thiazole rings is 1. The van der Waals surface area contributed by atoms with Crippen molar-refractivity contribution in [3.05, 3.63) is 38.7 Å². The second-order valence-electron chi connectivity index (χ2n) is 8.89. The Hall–Kier alpha value is -2.17. The number of carbonyl (C=O) groups excluding carboxylic acids is 2. The zero-order chi connectivity index (χ0) is 22.3. The molecule has 7 nitrogen and oxygen atoms in total. The minimum atomic E-state index is -1.16. The molecule has 6 rings (SSSR count). The fourth-order valence-corrected chi connectivity index (χ4v) is 9.89. The number of imide groups is 1. The predicted octanol–water partition coefficient (Wildman–Crippen LogP) is 3.37. The normalized spacial score (nSPS) is 34.4. The quantitative estimate of drug-likeness (QED) is 0.503. The summed E-state index contributed by atoms with van der Waals surface area (Å²) < 4.78 is 6.06. The number of carboxylic acids is 1. The summed E-state index contributed by atoms with van der Waals surface area (Å²) in [7, 11) is 1.64. The maximum Gasteiger partial charge on any atom is 0.323 e. The molecule has 3 fully saturated rings. The number of carbonyl (C=O) groups is 3. The van der Waals surface area contributed by atoms with Crippen molar-refractivity contribution in [3.8, 4) is 5.75 Å². The molecule has 2 bridgehead atoms. The monoisotopic (exact) mass is 488 g/mol. The topological polar surface area (TPSA) is 99.7 Å². The summed E-state index contributed by atoms with van der Waals surface area (Å²) in [6.07, 6.45) is 0.832. The molecule has 1 aromatic carbocycles. The van der Waals surface area contributed by atoms with Crippen molar-refractivity contribution in [2.45, 2.75) is 22.6 Å². The third-order valence-electron chi connectivity index (χ3n) is 7.58. The molecule has 4 aliphatic rings. The molecule has 2 aliphatic carbocycles. The lowest BCUT2D eigenvalue weighted by atomic mass is 9.68.